The molecule has 1 aliphatic heterocycles. The molecule has 5 heteroatoms. The molecule has 0 saturated carbocycles. The molecule has 1 saturated heterocycles. The molecule has 1 amide bonds. The van der Waals surface area contributed by atoms with Crippen LogP contribution in [0.3, 0.4) is 0 Å². The number of carbonyl (C=O) groups is 1. The number of hydrogen-bond donors (Lipinski definition) is 2. The largest absolute Gasteiger partial charge is 0.369 e. The maximum absolute atomic E-state index is 11.9. The van der Waals surface area contributed by atoms with E-state index in [4.69, 9.17) is 5.84 Å². The predicted octanol–water partition coefficient (Wildman–Crippen LogP) is 0.967. The second kappa shape index (κ2) is 7.26. The third kappa shape index (κ3) is 3.49. The number of piperazine rings is 1. The molecule has 3 N–H and O–H groups in total. The third-order valence-corrected chi connectivity index (χ3v) is 3.88. The number of anilines is 1. The first kappa shape index (κ1) is 14.8. The Balaban J connectivity index is 1.94. The molecule has 0 radical (unpaired) electrons. The van der Waals surface area contributed by atoms with Crippen molar-refractivity contribution in [2.75, 3.05) is 31.1 Å². The molecule has 1 fully saturated rings. The Bertz CT molecular complexity index is 415. The van der Waals surface area contributed by atoms with Gasteiger partial charge < -0.3 is 4.90 Å². The molecular weight excluding hydrogens is 252 g/mol. The van der Waals surface area contributed by atoms with Gasteiger partial charge >= 0.3 is 0 Å². The molecule has 1 heterocycles. The van der Waals surface area contributed by atoms with Gasteiger partial charge in [0.15, 0.2) is 0 Å². The molecule has 1 aromatic rings. The first-order chi connectivity index (χ1) is 9.76. The minimum atomic E-state index is -0.0945. The Morgan fingerprint density at radius 2 is 1.90 bits per heavy atom. The van der Waals surface area contributed by atoms with Crippen LogP contribution in [0, 0.1) is 0 Å². The highest BCUT2D eigenvalue weighted by Crippen LogP contribution is 2.17. The second-order valence-electron chi connectivity index (χ2n) is 5.17. The van der Waals surface area contributed by atoms with Crippen LogP contribution >= 0.6 is 0 Å². The summed E-state index contributed by atoms with van der Waals surface area (Å²) < 4.78 is 0. The normalized spacial score (nSPS) is 17.8. The van der Waals surface area contributed by atoms with E-state index < -0.39 is 0 Å². The van der Waals surface area contributed by atoms with Crippen LogP contribution in [0.2, 0.25) is 0 Å². The quantitative estimate of drug-likeness (QED) is 0.478. The van der Waals surface area contributed by atoms with Crippen molar-refractivity contribution >= 4 is 11.6 Å². The second-order valence-corrected chi connectivity index (χ2v) is 5.17. The van der Waals surface area contributed by atoms with E-state index in [0.29, 0.717) is 0 Å². The Morgan fingerprint density at radius 1 is 1.25 bits per heavy atom. The van der Waals surface area contributed by atoms with Crippen LogP contribution in [0.25, 0.3) is 0 Å². The van der Waals surface area contributed by atoms with E-state index in [1.54, 1.807) is 0 Å². The Kier molecular flexibility index (Phi) is 5.38. The monoisotopic (exact) mass is 276 g/mol. The van der Waals surface area contributed by atoms with Gasteiger partial charge in [0.25, 0.3) is 5.91 Å². The molecular formula is C15H24N4O. The van der Waals surface area contributed by atoms with Gasteiger partial charge in [-0.25, -0.2) is 5.84 Å². The highest BCUT2D eigenvalue weighted by atomic mass is 16.2. The van der Waals surface area contributed by atoms with E-state index in [1.165, 1.54) is 5.69 Å². The van der Waals surface area contributed by atoms with Crippen LogP contribution in [-0.4, -0.2) is 43.0 Å². The van der Waals surface area contributed by atoms with Gasteiger partial charge in [0.1, 0.15) is 0 Å². The number of rotatable bonds is 5. The zero-order chi connectivity index (χ0) is 14.4. The number of nitrogens with zero attached hydrogens (tertiary/aromatic N) is 2. The topological polar surface area (TPSA) is 61.6 Å². The fraction of sp³-hybridized carbons (Fsp3) is 0.533. The summed E-state index contributed by atoms with van der Waals surface area (Å²) in [6.07, 6.45) is 1.84. The lowest BCUT2D eigenvalue weighted by Crippen LogP contribution is -2.55. The van der Waals surface area contributed by atoms with Crippen molar-refractivity contribution in [2.24, 2.45) is 5.84 Å². The number of benzene rings is 1. The summed E-state index contributed by atoms with van der Waals surface area (Å²) in [6, 6.07) is 10.3. The summed E-state index contributed by atoms with van der Waals surface area (Å²) in [5.41, 5.74) is 3.55. The Hall–Kier alpha value is -1.59. The average Bonchev–Trinajstić information content (AvgIpc) is 2.53. The number of amides is 1. The van der Waals surface area contributed by atoms with Crippen LogP contribution in [-0.2, 0) is 4.79 Å². The zero-order valence-corrected chi connectivity index (χ0v) is 12.1. The van der Waals surface area contributed by atoms with Gasteiger partial charge in [0, 0.05) is 31.9 Å². The van der Waals surface area contributed by atoms with E-state index in [2.05, 4.69) is 46.4 Å². The van der Waals surface area contributed by atoms with Gasteiger partial charge in [-0.05, 0) is 18.6 Å². The van der Waals surface area contributed by atoms with Crippen LogP contribution < -0.4 is 16.2 Å². The summed E-state index contributed by atoms with van der Waals surface area (Å²) in [7, 11) is 0. The standard InChI is InChI=1S/C15H24N4O/c1-2-6-14(15(20)17-16)19-11-9-18(10-12-19)13-7-4-3-5-8-13/h3-5,7-8,14H,2,6,9-12,16H2,1H3,(H,17,20). The lowest BCUT2D eigenvalue weighted by Gasteiger charge is -2.39. The fourth-order valence-electron chi connectivity index (χ4n) is 2.78. The molecule has 110 valence electrons. The molecule has 1 aromatic carbocycles. The number of nitrogens with one attached hydrogen (secondary N) is 1. The maximum atomic E-state index is 11.9. The smallest absolute Gasteiger partial charge is 0.251 e. The number of hydrogen-bond acceptors (Lipinski definition) is 4. The van der Waals surface area contributed by atoms with Gasteiger partial charge in [0.2, 0.25) is 0 Å². The highest BCUT2D eigenvalue weighted by molar-refractivity contribution is 5.81. The molecule has 0 bridgehead atoms. The van der Waals surface area contributed by atoms with Crippen molar-refractivity contribution < 1.29 is 4.79 Å². The van der Waals surface area contributed by atoms with Gasteiger partial charge in [-0.1, -0.05) is 31.5 Å². The predicted molar refractivity (Wildman–Crippen MR) is 81.3 cm³/mol. The summed E-state index contributed by atoms with van der Waals surface area (Å²) in [5, 5.41) is 0. The van der Waals surface area contributed by atoms with Crippen molar-refractivity contribution in [3.63, 3.8) is 0 Å². The van der Waals surface area contributed by atoms with Crippen LogP contribution in [0.1, 0.15) is 19.8 Å². The van der Waals surface area contributed by atoms with Gasteiger partial charge in [-0.3, -0.25) is 15.1 Å². The van der Waals surface area contributed by atoms with Crippen molar-refractivity contribution in [3.05, 3.63) is 30.3 Å². The van der Waals surface area contributed by atoms with Gasteiger partial charge in [-0.15, -0.1) is 0 Å². The molecule has 2 rings (SSSR count). The highest BCUT2D eigenvalue weighted by Gasteiger charge is 2.27. The number of carbonyl (C=O) groups excluding carboxylic acids is 1. The van der Waals surface area contributed by atoms with Crippen LogP contribution in [0.5, 0.6) is 0 Å². The average molecular weight is 276 g/mol. The van der Waals surface area contributed by atoms with Gasteiger partial charge in [-0.2, -0.15) is 0 Å². The van der Waals surface area contributed by atoms with Crippen LogP contribution in [0.15, 0.2) is 30.3 Å². The summed E-state index contributed by atoms with van der Waals surface area (Å²) in [4.78, 5) is 16.5. The van der Waals surface area contributed by atoms with E-state index in [1.807, 2.05) is 6.07 Å². The zero-order valence-electron chi connectivity index (χ0n) is 12.1. The van der Waals surface area contributed by atoms with Crippen LogP contribution in [0.4, 0.5) is 5.69 Å². The Morgan fingerprint density at radius 3 is 2.45 bits per heavy atom. The first-order valence-electron chi connectivity index (χ1n) is 7.30. The Labute approximate surface area is 120 Å². The van der Waals surface area contributed by atoms with Crippen molar-refractivity contribution in [3.8, 4) is 0 Å². The lowest BCUT2D eigenvalue weighted by atomic mass is 10.1. The SMILES string of the molecule is CCCC(C(=O)NN)N1CCN(c2ccccc2)CC1. The van der Waals surface area contributed by atoms with E-state index in [-0.39, 0.29) is 11.9 Å². The fourth-order valence-corrected chi connectivity index (χ4v) is 2.78. The molecule has 0 spiro atoms. The number of hydrazine groups is 1. The van der Waals surface area contributed by atoms with Gasteiger partial charge in [0.05, 0.1) is 6.04 Å². The first-order valence-corrected chi connectivity index (χ1v) is 7.30. The van der Waals surface area contributed by atoms with E-state index in [9.17, 15) is 4.79 Å². The minimum absolute atomic E-state index is 0.0694. The summed E-state index contributed by atoms with van der Waals surface area (Å²) >= 11 is 0. The molecule has 20 heavy (non-hydrogen) atoms. The molecule has 1 aliphatic rings. The van der Waals surface area contributed by atoms with Crippen molar-refractivity contribution in [1.29, 1.82) is 0 Å². The molecule has 5 nitrogen and oxygen atoms in total. The minimum Gasteiger partial charge on any atom is -0.369 e. The van der Waals surface area contributed by atoms with Crippen molar-refractivity contribution in [2.45, 2.75) is 25.8 Å². The van der Waals surface area contributed by atoms with E-state index >= 15 is 0 Å². The van der Waals surface area contributed by atoms with Crippen molar-refractivity contribution in [1.82, 2.24) is 10.3 Å². The molecule has 0 aromatic heterocycles. The third-order valence-electron chi connectivity index (χ3n) is 3.88. The summed E-state index contributed by atoms with van der Waals surface area (Å²) in [5.74, 6) is 5.22. The maximum Gasteiger partial charge on any atom is 0.251 e. The number of para-hydroxylation sites is 1. The molecule has 0 aliphatic carbocycles. The van der Waals surface area contributed by atoms with E-state index in [0.717, 1.165) is 39.0 Å². The summed E-state index contributed by atoms with van der Waals surface area (Å²) in [6.45, 7) is 5.78. The lowest BCUT2D eigenvalue weighted by molar-refractivity contribution is -0.127. The molecule has 1 atom stereocenters. The molecule has 1 unspecified atom stereocenters. The number of nitrogens with two attached hydrogens (primary N) is 1.